The molecule has 1 N–H and O–H groups in total. The maximum Gasteiger partial charge on any atom is 0.401 e. The molecule has 0 fully saturated rings. The van der Waals surface area contributed by atoms with E-state index in [2.05, 4.69) is 9.68 Å². The fraction of sp³-hybridized carbons (Fsp3) is 0.500. The predicted molar refractivity (Wildman–Crippen MR) is 43.6 cm³/mol. The molecule has 0 aromatic carbocycles. The third-order valence-corrected chi connectivity index (χ3v) is 2.22. The number of hydrogen-bond donors (Lipinski definition) is 1. The number of carboxylic acid groups (broad SMARTS) is 1. The van der Waals surface area contributed by atoms with E-state index < -0.39 is 18.7 Å². The average molecular weight is 236 g/mol. The van der Waals surface area contributed by atoms with Gasteiger partial charge < -0.3 is 9.63 Å². The van der Waals surface area contributed by atoms with Crippen LogP contribution in [-0.2, 0) is 13.1 Å². The van der Waals surface area contributed by atoms with Crippen molar-refractivity contribution < 1.29 is 27.6 Å². The van der Waals surface area contributed by atoms with Crippen LogP contribution >= 0.6 is 0 Å². The lowest BCUT2D eigenvalue weighted by atomic mass is 10.2. The maximum atomic E-state index is 12.1. The number of hydrogen-bond acceptors (Lipinski definition) is 4. The number of halogens is 3. The van der Waals surface area contributed by atoms with E-state index in [1.807, 2.05) is 0 Å². The number of rotatable bonds is 2. The van der Waals surface area contributed by atoms with E-state index in [-0.39, 0.29) is 30.1 Å². The van der Waals surface area contributed by atoms with Crippen molar-refractivity contribution in [2.24, 2.45) is 0 Å². The second kappa shape index (κ2) is 3.48. The fourth-order valence-electron chi connectivity index (χ4n) is 1.65. The molecule has 0 bridgehead atoms. The molecular weight excluding hydrogens is 229 g/mol. The van der Waals surface area contributed by atoms with E-state index in [0.717, 1.165) is 4.90 Å². The maximum absolute atomic E-state index is 12.1. The SMILES string of the molecule is O=C(O)c1noc2c1CN(CC(F)(F)F)C2. The summed E-state index contributed by atoms with van der Waals surface area (Å²) in [5.41, 5.74) is -0.0728. The molecule has 1 aliphatic rings. The van der Waals surface area contributed by atoms with Gasteiger partial charge in [0.2, 0.25) is 0 Å². The van der Waals surface area contributed by atoms with Crippen molar-refractivity contribution in [3.8, 4) is 0 Å². The van der Waals surface area contributed by atoms with Gasteiger partial charge in [-0.15, -0.1) is 0 Å². The zero-order chi connectivity index (χ0) is 11.9. The number of aromatic nitrogens is 1. The molecule has 2 heterocycles. The highest BCUT2D eigenvalue weighted by Crippen LogP contribution is 2.28. The fourth-order valence-corrected chi connectivity index (χ4v) is 1.65. The Labute approximate surface area is 87.4 Å². The van der Waals surface area contributed by atoms with Gasteiger partial charge in [-0.1, -0.05) is 5.16 Å². The molecule has 2 rings (SSSR count). The zero-order valence-electron chi connectivity index (χ0n) is 7.91. The van der Waals surface area contributed by atoms with Crippen LogP contribution < -0.4 is 0 Å². The Morgan fingerprint density at radius 3 is 2.75 bits per heavy atom. The molecule has 1 aromatic rings. The molecule has 88 valence electrons. The highest BCUT2D eigenvalue weighted by Gasteiger charge is 2.37. The average Bonchev–Trinajstić information content (AvgIpc) is 2.57. The number of aromatic carboxylic acids is 1. The Kier molecular flexibility index (Phi) is 2.38. The van der Waals surface area contributed by atoms with Gasteiger partial charge in [-0.3, -0.25) is 4.90 Å². The number of nitrogens with zero attached hydrogens (tertiary/aromatic N) is 2. The summed E-state index contributed by atoms with van der Waals surface area (Å²) in [6.45, 7) is -1.24. The van der Waals surface area contributed by atoms with Gasteiger partial charge in [-0.25, -0.2) is 4.79 Å². The second-order valence-corrected chi connectivity index (χ2v) is 3.50. The lowest BCUT2D eigenvalue weighted by Crippen LogP contribution is -2.30. The Bertz CT molecular complexity index is 427. The summed E-state index contributed by atoms with van der Waals surface area (Å²) >= 11 is 0. The lowest BCUT2D eigenvalue weighted by molar-refractivity contribution is -0.147. The van der Waals surface area contributed by atoms with Gasteiger partial charge in [0.05, 0.1) is 13.1 Å². The van der Waals surface area contributed by atoms with E-state index in [1.165, 1.54) is 0 Å². The molecule has 16 heavy (non-hydrogen) atoms. The highest BCUT2D eigenvalue weighted by molar-refractivity contribution is 5.87. The molecule has 0 saturated heterocycles. The van der Waals surface area contributed by atoms with Crippen LogP contribution in [0, 0.1) is 0 Å². The van der Waals surface area contributed by atoms with Crippen LogP contribution in [0.15, 0.2) is 4.52 Å². The van der Waals surface area contributed by atoms with Gasteiger partial charge in [-0.2, -0.15) is 13.2 Å². The Balaban J connectivity index is 2.13. The Hall–Kier alpha value is -1.57. The van der Waals surface area contributed by atoms with Crippen LogP contribution in [0.25, 0.3) is 0 Å². The molecule has 1 aliphatic heterocycles. The topological polar surface area (TPSA) is 66.6 Å². The molecule has 0 radical (unpaired) electrons. The number of alkyl halides is 3. The smallest absolute Gasteiger partial charge is 0.401 e. The Morgan fingerprint density at radius 2 is 2.19 bits per heavy atom. The molecule has 0 unspecified atom stereocenters. The van der Waals surface area contributed by atoms with Crippen molar-refractivity contribution in [1.82, 2.24) is 10.1 Å². The molecule has 5 nitrogen and oxygen atoms in total. The van der Waals surface area contributed by atoms with Crippen molar-refractivity contribution in [3.05, 3.63) is 17.0 Å². The van der Waals surface area contributed by atoms with Crippen LogP contribution in [0.3, 0.4) is 0 Å². The Morgan fingerprint density at radius 1 is 1.50 bits per heavy atom. The minimum absolute atomic E-state index is 0.0604. The third kappa shape index (κ3) is 2.01. The van der Waals surface area contributed by atoms with Crippen LogP contribution in [0.4, 0.5) is 13.2 Å². The summed E-state index contributed by atoms with van der Waals surface area (Å²) in [6.07, 6.45) is -4.31. The largest absolute Gasteiger partial charge is 0.476 e. The number of carbonyl (C=O) groups is 1. The monoisotopic (exact) mass is 236 g/mol. The van der Waals surface area contributed by atoms with Crippen molar-refractivity contribution in [3.63, 3.8) is 0 Å². The first-order valence-corrected chi connectivity index (χ1v) is 4.36. The van der Waals surface area contributed by atoms with Crippen molar-refractivity contribution in [1.29, 1.82) is 0 Å². The van der Waals surface area contributed by atoms with Crippen molar-refractivity contribution in [2.75, 3.05) is 6.54 Å². The quantitative estimate of drug-likeness (QED) is 0.837. The summed E-state index contributed by atoms with van der Waals surface area (Å²) in [6, 6.07) is 0. The molecule has 0 amide bonds. The normalized spacial score (nSPS) is 16.4. The minimum Gasteiger partial charge on any atom is -0.476 e. The van der Waals surface area contributed by atoms with Crippen molar-refractivity contribution >= 4 is 5.97 Å². The van der Waals surface area contributed by atoms with Gasteiger partial charge in [-0.05, 0) is 0 Å². The van der Waals surface area contributed by atoms with Gasteiger partial charge >= 0.3 is 12.1 Å². The first-order chi connectivity index (χ1) is 7.37. The molecular formula is C8H7F3N2O3. The zero-order valence-corrected chi connectivity index (χ0v) is 7.91. The van der Waals surface area contributed by atoms with Crippen LogP contribution in [0.1, 0.15) is 21.8 Å². The summed E-state index contributed by atoms with van der Waals surface area (Å²) in [5.74, 6) is -1.10. The van der Waals surface area contributed by atoms with Crippen LogP contribution in [0.5, 0.6) is 0 Å². The molecule has 0 saturated carbocycles. The van der Waals surface area contributed by atoms with Gasteiger partial charge in [0.15, 0.2) is 11.5 Å². The molecule has 0 spiro atoms. The number of carboxylic acids is 1. The lowest BCUT2D eigenvalue weighted by Gasteiger charge is -2.16. The van der Waals surface area contributed by atoms with E-state index in [9.17, 15) is 18.0 Å². The van der Waals surface area contributed by atoms with Crippen LogP contribution in [-0.4, -0.2) is 33.9 Å². The summed E-state index contributed by atoms with van der Waals surface area (Å²) in [7, 11) is 0. The van der Waals surface area contributed by atoms with Crippen LogP contribution in [0.2, 0.25) is 0 Å². The standard InChI is InChI=1S/C8H7F3N2O3/c9-8(10,11)3-13-1-4-5(2-13)16-12-6(4)7(14)15/h1-3H2,(H,14,15). The second-order valence-electron chi connectivity index (χ2n) is 3.50. The summed E-state index contributed by atoms with van der Waals surface area (Å²) in [5, 5.41) is 12.0. The number of fused-ring (bicyclic) bond motifs is 1. The third-order valence-electron chi connectivity index (χ3n) is 2.22. The molecule has 0 aliphatic carbocycles. The summed E-state index contributed by atoms with van der Waals surface area (Å²) in [4.78, 5) is 11.7. The molecule has 8 heteroatoms. The van der Waals surface area contributed by atoms with E-state index in [4.69, 9.17) is 5.11 Å². The van der Waals surface area contributed by atoms with E-state index >= 15 is 0 Å². The van der Waals surface area contributed by atoms with E-state index in [1.54, 1.807) is 0 Å². The van der Waals surface area contributed by atoms with E-state index in [0.29, 0.717) is 0 Å². The first kappa shape index (κ1) is 10.9. The molecule has 1 aromatic heterocycles. The van der Waals surface area contributed by atoms with Gasteiger partial charge in [0.1, 0.15) is 0 Å². The first-order valence-electron chi connectivity index (χ1n) is 4.36. The van der Waals surface area contributed by atoms with Gasteiger partial charge in [0.25, 0.3) is 0 Å². The summed E-state index contributed by atoms with van der Waals surface area (Å²) < 4.78 is 40.9. The predicted octanol–water partition coefficient (Wildman–Crippen LogP) is 1.25. The highest BCUT2D eigenvalue weighted by atomic mass is 19.4. The van der Waals surface area contributed by atoms with Gasteiger partial charge in [0, 0.05) is 12.1 Å². The minimum atomic E-state index is -4.31. The molecule has 0 atom stereocenters. The van der Waals surface area contributed by atoms with Crippen molar-refractivity contribution in [2.45, 2.75) is 19.3 Å².